The van der Waals surface area contributed by atoms with Crippen LogP contribution in [0.3, 0.4) is 0 Å². The topological polar surface area (TPSA) is 98.0 Å². The summed E-state index contributed by atoms with van der Waals surface area (Å²) in [5.74, 6) is 4.25. The Morgan fingerprint density at radius 2 is 2.07 bits per heavy atom. The zero-order chi connectivity index (χ0) is 20.1. The van der Waals surface area contributed by atoms with Gasteiger partial charge in [-0.25, -0.2) is 9.97 Å². The zero-order valence-corrected chi connectivity index (χ0v) is 17.0. The minimum atomic E-state index is -1.41. The summed E-state index contributed by atoms with van der Waals surface area (Å²) < 4.78 is 11.1. The SMILES string of the molecule is C[Si](C)(C)C#CCOc1ccc(-c2cc(C#N)c(N)nc2-c2ccco2)cn1. The van der Waals surface area contributed by atoms with E-state index in [1.165, 1.54) is 0 Å². The van der Waals surface area contributed by atoms with Gasteiger partial charge in [0.05, 0.1) is 11.8 Å². The Bertz CT molecular complexity index is 1070. The Morgan fingerprint density at radius 1 is 1.25 bits per heavy atom. The van der Waals surface area contributed by atoms with Gasteiger partial charge in [0.2, 0.25) is 5.88 Å². The van der Waals surface area contributed by atoms with Crippen molar-refractivity contribution in [2.75, 3.05) is 12.3 Å². The van der Waals surface area contributed by atoms with Crippen LogP contribution < -0.4 is 10.5 Å². The van der Waals surface area contributed by atoms with Gasteiger partial charge >= 0.3 is 0 Å². The van der Waals surface area contributed by atoms with Crippen LogP contribution in [-0.2, 0) is 0 Å². The summed E-state index contributed by atoms with van der Waals surface area (Å²) in [7, 11) is -1.41. The summed E-state index contributed by atoms with van der Waals surface area (Å²) in [6, 6.07) is 10.9. The van der Waals surface area contributed by atoms with E-state index in [1.807, 2.05) is 6.07 Å². The molecule has 0 saturated carbocycles. The number of anilines is 1. The summed E-state index contributed by atoms with van der Waals surface area (Å²) in [6.45, 7) is 6.84. The summed E-state index contributed by atoms with van der Waals surface area (Å²) in [6.07, 6.45) is 3.23. The summed E-state index contributed by atoms with van der Waals surface area (Å²) in [4.78, 5) is 8.70. The Labute approximate surface area is 165 Å². The average molecular weight is 389 g/mol. The molecule has 0 aromatic carbocycles. The monoisotopic (exact) mass is 388 g/mol. The van der Waals surface area contributed by atoms with Crippen molar-refractivity contribution in [3.8, 4) is 46.0 Å². The molecule has 0 spiro atoms. The average Bonchev–Trinajstić information content (AvgIpc) is 3.19. The molecule has 0 saturated heterocycles. The van der Waals surface area contributed by atoms with Gasteiger partial charge in [-0.05, 0) is 24.3 Å². The van der Waals surface area contributed by atoms with Crippen molar-refractivity contribution >= 4 is 13.9 Å². The molecule has 0 fully saturated rings. The number of nitrogens with zero attached hydrogens (tertiary/aromatic N) is 3. The number of nitrogens with two attached hydrogens (primary N) is 1. The van der Waals surface area contributed by atoms with Crippen molar-refractivity contribution in [3.05, 3.63) is 48.4 Å². The van der Waals surface area contributed by atoms with Crippen LogP contribution in [0, 0.1) is 22.8 Å². The molecule has 3 rings (SSSR count). The van der Waals surface area contributed by atoms with E-state index < -0.39 is 8.07 Å². The number of hydrogen-bond acceptors (Lipinski definition) is 6. The number of rotatable bonds is 4. The first kappa shape index (κ1) is 19.2. The molecule has 0 bridgehead atoms. The van der Waals surface area contributed by atoms with Gasteiger partial charge in [0.25, 0.3) is 0 Å². The highest BCUT2D eigenvalue weighted by Crippen LogP contribution is 2.33. The van der Waals surface area contributed by atoms with Crippen molar-refractivity contribution < 1.29 is 9.15 Å². The lowest BCUT2D eigenvalue weighted by Crippen LogP contribution is -2.16. The minimum Gasteiger partial charge on any atom is -0.465 e. The summed E-state index contributed by atoms with van der Waals surface area (Å²) in [5, 5.41) is 9.29. The maximum absolute atomic E-state index is 9.29. The van der Waals surface area contributed by atoms with Gasteiger partial charge in [0, 0.05) is 23.4 Å². The van der Waals surface area contributed by atoms with Crippen molar-refractivity contribution in [1.82, 2.24) is 9.97 Å². The molecule has 3 aromatic rings. The van der Waals surface area contributed by atoms with Gasteiger partial charge in [0.15, 0.2) is 5.76 Å². The van der Waals surface area contributed by atoms with E-state index in [0.717, 1.165) is 5.56 Å². The lowest BCUT2D eigenvalue weighted by Gasteiger charge is -2.10. The van der Waals surface area contributed by atoms with Gasteiger partial charge in [0.1, 0.15) is 32.3 Å². The molecule has 0 amide bonds. The zero-order valence-electron chi connectivity index (χ0n) is 16.0. The predicted octanol–water partition coefficient (Wildman–Crippen LogP) is 4.12. The lowest BCUT2D eigenvalue weighted by molar-refractivity contribution is 0.355. The third-order valence-electron chi connectivity index (χ3n) is 3.73. The Hall–Kier alpha value is -3.55. The lowest BCUT2D eigenvalue weighted by atomic mass is 10.0. The van der Waals surface area contributed by atoms with E-state index in [1.54, 1.807) is 36.7 Å². The van der Waals surface area contributed by atoms with Crippen molar-refractivity contribution in [2.24, 2.45) is 0 Å². The second kappa shape index (κ2) is 7.99. The molecule has 28 heavy (non-hydrogen) atoms. The highest BCUT2D eigenvalue weighted by molar-refractivity contribution is 6.83. The predicted molar refractivity (Wildman–Crippen MR) is 111 cm³/mol. The molecule has 2 N–H and O–H groups in total. The van der Waals surface area contributed by atoms with Crippen LogP contribution in [0.2, 0.25) is 19.6 Å². The van der Waals surface area contributed by atoms with Gasteiger partial charge in [-0.15, -0.1) is 5.54 Å². The van der Waals surface area contributed by atoms with Crippen LogP contribution in [-0.4, -0.2) is 24.6 Å². The van der Waals surface area contributed by atoms with E-state index in [2.05, 4.69) is 47.1 Å². The number of aromatic nitrogens is 2. The van der Waals surface area contributed by atoms with Crippen LogP contribution in [0.15, 0.2) is 47.2 Å². The fourth-order valence-corrected chi connectivity index (χ4v) is 3.08. The molecule has 0 aliphatic carbocycles. The molecule has 0 radical (unpaired) electrons. The van der Waals surface area contributed by atoms with Gasteiger partial charge in [-0.2, -0.15) is 5.26 Å². The third kappa shape index (κ3) is 4.59. The Morgan fingerprint density at radius 3 is 2.68 bits per heavy atom. The summed E-state index contributed by atoms with van der Waals surface area (Å²) in [5.41, 5.74) is 11.5. The van der Waals surface area contributed by atoms with E-state index in [9.17, 15) is 5.26 Å². The van der Waals surface area contributed by atoms with Crippen LogP contribution in [0.25, 0.3) is 22.6 Å². The van der Waals surface area contributed by atoms with E-state index in [4.69, 9.17) is 14.9 Å². The Balaban J connectivity index is 1.89. The molecule has 0 atom stereocenters. The maximum Gasteiger partial charge on any atom is 0.214 e. The second-order valence-electron chi connectivity index (χ2n) is 7.13. The number of ether oxygens (including phenoxy) is 1. The fraction of sp³-hybridized carbons (Fsp3) is 0.190. The van der Waals surface area contributed by atoms with Crippen LogP contribution in [0.5, 0.6) is 5.88 Å². The molecule has 6 nitrogen and oxygen atoms in total. The first-order chi connectivity index (χ1) is 13.4. The number of furan rings is 1. The molecule has 7 heteroatoms. The minimum absolute atomic E-state index is 0.159. The first-order valence-corrected chi connectivity index (χ1v) is 12.2. The number of nitriles is 1. The van der Waals surface area contributed by atoms with E-state index >= 15 is 0 Å². The number of nitrogen functional groups attached to an aromatic ring is 1. The van der Waals surface area contributed by atoms with E-state index in [-0.39, 0.29) is 5.82 Å². The fourth-order valence-electron chi connectivity index (χ4n) is 2.47. The van der Waals surface area contributed by atoms with E-state index in [0.29, 0.717) is 35.1 Å². The molecular formula is C21H20N4O2Si. The standard InChI is InChI=1S/C21H20N4O2Si/c1-28(2,3)11-5-10-27-19-8-7-15(14-24-19)17-12-16(13-22)21(23)25-20(17)18-6-4-9-26-18/h4,6-9,12,14H,10H2,1-3H3,(H2,23,25). The maximum atomic E-state index is 9.29. The van der Waals surface area contributed by atoms with Gasteiger partial charge in [-0.1, -0.05) is 25.6 Å². The number of pyridine rings is 2. The molecule has 3 heterocycles. The third-order valence-corrected chi connectivity index (χ3v) is 4.66. The highest BCUT2D eigenvalue weighted by atomic mass is 28.3. The largest absolute Gasteiger partial charge is 0.465 e. The van der Waals surface area contributed by atoms with Crippen molar-refractivity contribution in [1.29, 1.82) is 5.26 Å². The quantitative estimate of drug-likeness (QED) is 0.533. The molecular weight excluding hydrogens is 368 g/mol. The molecule has 0 aliphatic heterocycles. The normalized spacial score (nSPS) is 10.6. The second-order valence-corrected chi connectivity index (χ2v) is 11.9. The summed E-state index contributed by atoms with van der Waals surface area (Å²) >= 11 is 0. The van der Waals surface area contributed by atoms with Crippen LogP contribution in [0.1, 0.15) is 5.56 Å². The van der Waals surface area contributed by atoms with Crippen molar-refractivity contribution in [3.63, 3.8) is 0 Å². The van der Waals surface area contributed by atoms with Crippen LogP contribution >= 0.6 is 0 Å². The Kier molecular flexibility index (Phi) is 5.48. The first-order valence-electron chi connectivity index (χ1n) is 8.71. The number of hydrogen-bond donors (Lipinski definition) is 1. The molecule has 3 aromatic heterocycles. The highest BCUT2D eigenvalue weighted by Gasteiger charge is 2.16. The molecule has 0 unspecified atom stereocenters. The van der Waals surface area contributed by atoms with Crippen LogP contribution in [0.4, 0.5) is 5.82 Å². The van der Waals surface area contributed by atoms with Crippen molar-refractivity contribution in [2.45, 2.75) is 19.6 Å². The van der Waals surface area contributed by atoms with Gasteiger partial charge in [-0.3, -0.25) is 0 Å². The molecule has 0 aliphatic rings. The smallest absolute Gasteiger partial charge is 0.214 e. The molecule has 140 valence electrons. The van der Waals surface area contributed by atoms with Gasteiger partial charge < -0.3 is 14.9 Å².